The monoisotopic (exact) mass is 234 g/mol. The minimum absolute atomic E-state index is 0.402. The Kier molecular flexibility index (Phi) is 3.28. The minimum Gasteiger partial charge on any atom is -0.366 e. The Balaban J connectivity index is 2.22. The van der Waals surface area contributed by atoms with E-state index in [4.69, 9.17) is 11.5 Å². The molecule has 5 heteroatoms. The number of hydrogen-bond acceptors (Lipinski definition) is 4. The number of aromatic nitrogens is 1. The van der Waals surface area contributed by atoms with E-state index in [0.717, 1.165) is 18.8 Å². The van der Waals surface area contributed by atoms with Gasteiger partial charge in [0.15, 0.2) is 0 Å². The van der Waals surface area contributed by atoms with Crippen LogP contribution in [-0.2, 0) is 0 Å². The zero-order chi connectivity index (χ0) is 12.4. The molecule has 1 saturated heterocycles. The Morgan fingerprint density at radius 1 is 1.65 bits per heavy atom. The first kappa shape index (κ1) is 11.9. The topological polar surface area (TPSA) is 85.2 Å². The number of hydrogen-bond donors (Lipinski definition) is 2. The molecule has 2 heterocycles. The predicted octanol–water partition coefficient (Wildman–Crippen LogP) is 0.354. The molecular formula is C12H18N4O. The standard InChI is InChI=1S/C12H18N4O/c1-8-4-9(6-13)7-16(8)11-5-10(12(14)17)2-3-15-11/h2-3,5,8-9H,4,6-7,13H2,1H3,(H2,14,17). The van der Waals surface area contributed by atoms with Crippen molar-refractivity contribution in [2.45, 2.75) is 19.4 Å². The van der Waals surface area contributed by atoms with E-state index in [1.54, 1.807) is 18.3 Å². The first-order valence-electron chi connectivity index (χ1n) is 5.84. The second-order valence-corrected chi connectivity index (χ2v) is 4.61. The van der Waals surface area contributed by atoms with Crippen molar-refractivity contribution in [1.82, 2.24) is 4.98 Å². The molecule has 1 aromatic rings. The van der Waals surface area contributed by atoms with Crippen LogP contribution in [0, 0.1) is 5.92 Å². The van der Waals surface area contributed by atoms with Gasteiger partial charge in [-0.3, -0.25) is 4.79 Å². The van der Waals surface area contributed by atoms with Gasteiger partial charge in [-0.1, -0.05) is 0 Å². The molecule has 5 nitrogen and oxygen atoms in total. The van der Waals surface area contributed by atoms with Crippen molar-refractivity contribution in [1.29, 1.82) is 0 Å². The van der Waals surface area contributed by atoms with E-state index in [2.05, 4.69) is 16.8 Å². The van der Waals surface area contributed by atoms with Crippen molar-refractivity contribution >= 4 is 11.7 Å². The summed E-state index contributed by atoms with van der Waals surface area (Å²) < 4.78 is 0. The highest BCUT2D eigenvalue weighted by Gasteiger charge is 2.29. The van der Waals surface area contributed by atoms with Gasteiger partial charge in [-0.05, 0) is 37.9 Å². The summed E-state index contributed by atoms with van der Waals surface area (Å²) in [5.74, 6) is 0.893. The quantitative estimate of drug-likeness (QED) is 0.790. The number of primary amides is 1. The van der Waals surface area contributed by atoms with Gasteiger partial charge in [0.1, 0.15) is 5.82 Å². The van der Waals surface area contributed by atoms with Gasteiger partial charge in [-0.2, -0.15) is 0 Å². The summed E-state index contributed by atoms with van der Waals surface area (Å²) in [7, 11) is 0. The molecular weight excluding hydrogens is 216 g/mol. The first-order valence-corrected chi connectivity index (χ1v) is 5.84. The molecule has 0 radical (unpaired) electrons. The zero-order valence-electron chi connectivity index (χ0n) is 9.97. The number of carbonyl (C=O) groups is 1. The summed E-state index contributed by atoms with van der Waals surface area (Å²) >= 11 is 0. The van der Waals surface area contributed by atoms with Crippen molar-refractivity contribution in [3.05, 3.63) is 23.9 Å². The van der Waals surface area contributed by atoms with Crippen LogP contribution in [0.1, 0.15) is 23.7 Å². The average molecular weight is 234 g/mol. The van der Waals surface area contributed by atoms with Gasteiger partial charge in [-0.15, -0.1) is 0 Å². The average Bonchev–Trinajstić information content (AvgIpc) is 2.71. The molecule has 2 rings (SSSR count). The van der Waals surface area contributed by atoms with Crippen LogP contribution in [0.2, 0.25) is 0 Å². The normalized spacial score (nSPS) is 24.0. The second kappa shape index (κ2) is 4.71. The molecule has 1 fully saturated rings. The number of nitrogens with two attached hydrogens (primary N) is 2. The van der Waals surface area contributed by atoms with Gasteiger partial charge in [-0.25, -0.2) is 4.98 Å². The van der Waals surface area contributed by atoms with Crippen LogP contribution < -0.4 is 16.4 Å². The second-order valence-electron chi connectivity index (χ2n) is 4.61. The molecule has 92 valence electrons. The summed E-state index contributed by atoms with van der Waals surface area (Å²) in [5, 5.41) is 0. The third-order valence-corrected chi connectivity index (χ3v) is 3.32. The Morgan fingerprint density at radius 3 is 3.00 bits per heavy atom. The van der Waals surface area contributed by atoms with Crippen molar-refractivity contribution in [3.8, 4) is 0 Å². The molecule has 4 N–H and O–H groups in total. The maximum absolute atomic E-state index is 11.1. The summed E-state index contributed by atoms with van der Waals surface area (Å²) in [6, 6.07) is 3.78. The van der Waals surface area contributed by atoms with Crippen molar-refractivity contribution in [2.75, 3.05) is 18.0 Å². The highest BCUT2D eigenvalue weighted by molar-refractivity contribution is 5.93. The third kappa shape index (κ3) is 2.39. The summed E-state index contributed by atoms with van der Waals surface area (Å²) in [4.78, 5) is 17.6. The molecule has 0 aromatic carbocycles. The summed E-state index contributed by atoms with van der Waals surface area (Å²) in [6.07, 6.45) is 2.69. The number of nitrogens with zero attached hydrogens (tertiary/aromatic N) is 2. The summed E-state index contributed by atoms with van der Waals surface area (Å²) in [6.45, 7) is 3.73. The van der Waals surface area contributed by atoms with E-state index in [1.165, 1.54) is 0 Å². The number of carbonyl (C=O) groups excluding carboxylic acids is 1. The highest BCUT2D eigenvalue weighted by Crippen LogP contribution is 2.27. The van der Waals surface area contributed by atoms with Gasteiger partial charge < -0.3 is 16.4 Å². The van der Waals surface area contributed by atoms with Crippen LogP contribution in [0.25, 0.3) is 0 Å². The lowest BCUT2D eigenvalue weighted by Gasteiger charge is -2.22. The Morgan fingerprint density at radius 2 is 2.41 bits per heavy atom. The van der Waals surface area contributed by atoms with Crippen LogP contribution in [0.4, 0.5) is 5.82 Å². The van der Waals surface area contributed by atoms with Crippen LogP contribution in [0.5, 0.6) is 0 Å². The molecule has 1 aromatic heterocycles. The highest BCUT2D eigenvalue weighted by atomic mass is 16.1. The summed E-state index contributed by atoms with van der Waals surface area (Å²) in [5.41, 5.74) is 11.5. The smallest absolute Gasteiger partial charge is 0.248 e. The fourth-order valence-electron chi connectivity index (χ4n) is 2.36. The molecule has 0 saturated carbocycles. The lowest BCUT2D eigenvalue weighted by atomic mass is 10.1. The van der Waals surface area contributed by atoms with Gasteiger partial charge in [0.25, 0.3) is 0 Å². The van der Waals surface area contributed by atoms with Gasteiger partial charge in [0, 0.05) is 24.3 Å². The zero-order valence-corrected chi connectivity index (χ0v) is 9.97. The molecule has 1 aliphatic rings. The number of amides is 1. The molecule has 1 aliphatic heterocycles. The van der Waals surface area contributed by atoms with Gasteiger partial charge in [0.2, 0.25) is 5.91 Å². The van der Waals surface area contributed by atoms with Crippen molar-refractivity contribution in [3.63, 3.8) is 0 Å². The molecule has 1 amide bonds. The van der Waals surface area contributed by atoms with E-state index >= 15 is 0 Å². The van der Waals surface area contributed by atoms with Gasteiger partial charge >= 0.3 is 0 Å². The molecule has 2 unspecified atom stereocenters. The van der Waals surface area contributed by atoms with Crippen LogP contribution in [0.3, 0.4) is 0 Å². The molecule has 0 spiro atoms. The van der Waals surface area contributed by atoms with Crippen LogP contribution in [-0.4, -0.2) is 30.0 Å². The maximum Gasteiger partial charge on any atom is 0.248 e. The third-order valence-electron chi connectivity index (χ3n) is 3.32. The Bertz CT molecular complexity index is 421. The first-order chi connectivity index (χ1) is 8.11. The van der Waals surface area contributed by atoms with E-state index in [9.17, 15) is 4.79 Å². The maximum atomic E-state index is 11.1. The SMILES string of the molecule is CC1CC(CN)CN1c1cc(C(N)=O)ccn1. The lowest BCUT2D eigenvalue weighted by molar-refractivity contribution is 0.1000. The molecule has 0 bridgehead atoms. The van der Waals surface area contributed by atoms with E-state index < -0.39 is 5.91 Å². The fraction of sp³-hybridized carbons (Fsp3) is 0.500. The predicted molar refractivity (Wildman–Crippen MR) is 66.7 cm³/mol. The van der Waals surface area contributed by atoms with Crippen molar-refractivity contribution < 1.29 is 4.79 Å². The Labute approximate surface area is 101 Å². The number of anilines is 1. The van der Waals surface area contributed by atoms with E-state index in [-0.39, 0.29) is 0 Å². The van der Waals surface area contributed by atoms with Crippen LogP contribution in [0.15, 0.2) is 18.3 Å². The van der Waals surface area contributed by atoms with E-state index in [0.29, 0.717) is 24.1 Å². The largest absolute Gasteiger partial charge is 0.366 e. The lowest BCUT2D eigenvalue weighted by Crippen LogP contribution is -2.28. The molecule has 2 atom stereocenters. The molecule has 0 aliphatic carbocycles. The van der Waals surface area contributed by atoms with Crippen LogP contribution >= 0.6 is 0 Å². The minimum atomic E-state index is -0.420. The fourth-order valence-corrected chi connectivity index (χ4v) is 2.36. The molecule has 17 heavy (non-hydrogen) atoms. The van der Waals surface area contributed by atoms with Crippen molar-refractivity contribution in [2.24, 2.45) is 17.4 Å². The van der Waals surface area contributed by atoms with E-state index in [1.807, 2.05) is 0 Å². The Hall–Kier alpha value is -1.62. The number of rotatable bonds is 3. The number of pyridine rings is 1. The van der Waals surface area contributed by atoms with Gasteiger partial charge in [0.05, 0.1) is 0 Å².